The molecule has 0 saturated heterocycles. The first-order chi connectivity index (χ1) is 8.83. The second-order valence-corrected chi connectivity index (χ2v) is 4.15. The lowest BCUT2D eigenvalue weighted by Gasteiger charge is -2.04. The number of benzene rings is 1. The first-order valence-electron chi connectivity index (χ1n) is 5.71. The van der Waals surface area contributed by atoms with Gasteiger partial charge in [0.1, 0.15) is 6.07 Å². The molecule has 0 fully saturated rings. The van der Waals surface area contributed by atoms with Crippen molar-refractivity contribution in [2.75, 3.05) is 0 Å². The number of rotatable bonds is 1. The van der Waals surface area contributed by atoms with Crippen LogP contribution in [0.25, 0.3) is 22.2 Å². The van der Waals surface area contributed by atoms with E-state index in [1.807, 2.05) is 43.4 Å². The van der Waals surface area contributed by atoms with E-state index in [9.17, 15) is 5.26 Å². The summed E-state index contributed by atoms with van der Waals surface area (Å²) in [6.07, 6.45) is 3.49. The van der Waals surface area contributed by atoms with Crippen molar-refractivity contribution in [1.29, 1.82) is 5.26 Å². The lowest BCUT2D eigenvalue weighted by Crippen LogP contribution is -1.92. The number of para-hydroxylation sites is 1. The zero-order valence-electron chi connectivity index (χ0n) is 9.96. The van der Waals surface area contributed by atoms with Gasteiger partial charge in [0.15, 0.2) is 0 Å². The van der Waals surface area contributed by atoms with Crippen molar-refractivity contribution in [2.45, 2.75) is 0 Å². The molecule has 3 aromatic rings. The van der Waals surface area contributed by atoms with Crippen LogP contribution in [-0.4, -0.2) is 9.55 Å². The Kier molecular flexibility index (Phi) is 2.35. The maximum absolute atomic E-state index is 9.41. The SMILES string of the molecule is Cn1c(-c2ccncc2)c(C#N)c2ccccc21. The number of pyridine rings is 1. The summed E-state index contributed by atoms with van der Waals surface area (Å²) in [6.45, 7) is 0. The maximum atomic E-state index is 9.41. The fourth-order valence-corrected chi connectivity index (χ4v) is 2.35. The molecule has 0 bridgehead atoms. The van der Waals surface area contributed by atoms with E-state index < -0.39 is 0 Å². The number of nitrogens with zero attached hydrogens (tertiary/aromatic N) is 3. The van der Waals surface area contributed by atoms with Crippen molar-refractivity contribution in [3.05, 3.63) is 54.4 Å². The number of fused-ring (bicyclic) bond motifs is 1. The van der Waals surface area contributed by atoms with Crippen molar-refractivity contribution >= 4 is 10.9 Å². The molecule has 0 saturated carbocycles. The van der Waals surface area contributed by atoms with Gasteiger partial charge < -0.3 is 4.57 Å². The van der Waals surface area contributed by atoms with E-state index in [4.69, 9.17) is 0 Å². The van der Waals surface area contributed by atoms with Crippen LogP contribution in [0.5, 0.6) is 0 Å². The van der Waals surface area contributed by atoms with Crippen LogP contribution in [0, 0.1) is 11.3 Å². The summed E-state index contributed by atoms with van der Waals surface area (Å²) in [5.41, 5.74) is 3.75. The minimum Gasteiger partial charge on any atom is -0.343 e. The highest BCUT2D eigenvalue weighted by Gasteiger charge is 2.15. The Bertz CT molecular complexity index is 748. The standard InChI is InChI=1S/C15H11N3/c1-18-14-5-3-2-4-12(14)13(10-16)15(18)11-6-8-17-9-7-11/h2-9H,1H3. The molecule has 0 aliphatic rings. The predicted molar refractivity (Wildman–Crippen MR) is 70.9 cm³/mol. The fourth-order valence-electron chi connectivity index (χ4n) is 2.35. The number of hydrogen-bond donors (Lipinski definition) is 0. The van der Waals surface area contributed by atoms with Gasteiger partial charge in [-0.15, -0.1) is 0 Å². The molecule has 86 valence electrons. The Balaban J connectivity index is 2.43. The van der Waals surface area contributed by atoms with Crippen LogP contribution in [0.1, 0.15) is 5.56 Å². The summed E-state index contributed by atoms with van der Waals surface area (Å²) in [4.78, 5) is 4.02. The van der Waals surface area contributed by atoms with Crippen LogP contribution < -0.4 is 0 Å². The van der Waals surface area contributed by atoms with Gasteiger partial charge in [-0.1, -0.05) is 18.2 Å². The second-order valence-electron chi connectivity index (χ2n) is 4.15. The summed E-state index contributed by atoms with van der Waals surface area (Å²) in [6, 6.07) is 14.1. The Hall–Kier alpha value is -2.60. The van der Waals surface area contributed by atoms with E-state index in [0.717, 1.165) is 27.7 Å². The Morgan fingerprint density at radius 1 is 1.11 bits per heavy atom. The zero-order valence-corrected chi connectivity index (χ0v) is 9.96. The van der Waals surface area contributed by atoms with E-state index in [0.29, 0.717) is 0 Å². The monoisotopic (exact) mass is 233 g/mol. The number of aromatic nitrogens is 2. The predicted octanol–water partition coefficient (Wildman–Crippen LogP) is 3.11. The Morgan fingerprint density at radius 2 is 1.83 bits per heavy atom. The van der Waals surface area contributed by atoms with Gasteiger partial charge in [-0.25, -0.2) is 0 Å². The van der Waals surface area contributed by atoms with E-state index in [2.05, 4.69) is 15.6 Å². The molecule has 2 aromatic heterocycles. The average molecular weight is 233 g/mol. The molecule has 0 amide bonds. The molecular formula is C15H11N3. The summed E-state index contributed by atoms with van der Waals surface area (Å²) in [5.74, 6) is 0. The van der Waals surface area contributed by atoms with E-state index >= 15 is 0 Å². The van der Waals surface area contributed by atoms with Crippen LogP contribution in [-0.2, 0) is 7.05 Å². The minimum absolute atomic E-state index is 0.722. The van der Waals surface area contributed by atoms with Crippen molar-refractivity contribution in [1.82, 2.24) is 9.55 Å². The number of nitriles is 1. The largest absolute Gasteiger partial charge is 0.343 e. The summed E-state index contributed by atoms with van der Waals surface area (Å²) >= 11 is 0. The number of aryl methyl sites for hydroxylation is 1. The summed E-state index contributed by atoms with van der Waals surface area (Å²) in [7, 11) is 1.99. The quantitative estimate of drug-likeness (QED) is 0.648. The van der Waals surface area contributed by atoms with Crippen molar-refractivity contribution < 1.29 is 0 Å². The van der Waals surface area contributed by atoms with Gasteiger partial charge in [0.2, 0.25) is 0 Å². The molecule has 3 nitrogen and oxygen atoms in total. The average Bonchev–Trinajstić information content (AvgIpc) is 2.73. The molecule has 3 heteroatoms. The highest BCUT2D eigenvalue weighted by atomic mass is 15.0. The molecule has 0 aliphatic heterocycles. The van der Waals surface area contributed by atoms with E-state index in [-0.39, 0.29) is 0 Å². The third-order valence-corrected chi connectivity index (χ3v) is 3.17. The van der Waals surface area contributed by atoms with Crippen molar-refractivity contribution in [2.24, 2.45) is 7.05 Å². The molecule has 3 rings (SSSR count). The van der Waals surface area contributed by atoms with Crippen molar-refractivity contribution in [3.8, 4) is 17.3 Å². The lowest BCUT2D eigenvalue weighted by atomic mass is 10.1. The van der Waals surface area contributed by atoms with Crippen LogP contribution in [0.3, 0.4) is 0 Å². The third kappa shape index (κ3) is 1.40. The molecule has 0 N–H and O–H groups in total. The molecule has 1 aromatic carbocycles. The molecular weight excluding hydrogens is 222 g/mol. The van der Waals surface area contributed by atoms with E-state index in [1.54, 1.807) is 12.4 Å². The fraction of sp³-hybridized carbons (Fsp3) is 0.0667. The lowest BCUT2D eigenvalue weighted by molar-refractivity contribution is 0.976. The first-order valence-corrected chi connectivity index (χ1v) is 5.71. The molecule has 0 unspecified atom stereocenters. The molecule has 0 spiro atoms. The number of hydrogen-bond acceptors (Lipinski definition) is 2. The van der Waals surface area contributed by atoms with Gasteiger partial charge in [-0.05, 0) is 18.2 Å². The Morgan fingerprint density at radius 3 is 2.56 bits per heavy atom. The second kappa shape index (κ2) is 4.01. The van der Waals surface area contributed by atoms with Crippen LogP contribution >= 0.6 is 0 Å². The van der Waals surface area contributed by atoms with Crippen LogP contribution in [0.4, 0.5) is 0 Å². The summed E-state index contributed by atoms with van der Waals surface area (Å²) in [5, 5.41) is 10.4. The van der Waals surface area contributed by atoms with Gasteiger partial charge in [-0.2, -0.15) is 5.26 Å². The summed E-state index contributed by atoms with van der Waals surface area (Å²) < 4.78 is 2.06. The molecule has 18 heavy (non-hydrogen) atoms. The van der Waals surface area contributed by atoms with Gasteiger partial charge in [0.25, 0.3) is 0 Å². The van der Waals surface area contributed by atoms with Gasteiger partial charge in [0.05, 0.1) is 11.3 Å². The maximum Gasteiger partial charge on any atom is 0.102 e. The molecule has 2 heterocycles. The van der Waals surface area contributed by atoms with Crippen LogP contribution in [0.15, 0.2) is 48.8 Å². The van der Waals surface area contributed by atoms with Gasteiger partial charge in [-0.3, -0.25) is 4.98 Å². The molecule has 0 radical (unpaired) electrons. The zero-order chi connectivity index (χ0) is 12.5. The highest BCUT2D eigenvalue weighted by molar-refractivity contribution is 5.94. The third-order valence-electron chi connectivity index (χ3n) is 3.17. The molecule has 0 aliphatic carbocycles. The smallest absolute Gasteiger partial charge is 0.102 e. The minimum atomic E-state index is 0.722. The molecule has 0 atom stereocenters. The Labute approximate surface area is 105 Å². The topological polar surface area (TPSA) is 41.6 Å². The highest BCUT2D eigenvalue weighted by Crippen LogP contribution is 2.31. The van der Waals surface area contributed by atoms with E-state index in [1.165, 1.54) is 0 Å². The first kappa shape index (κ1) is 10.5. The normalized spacial score (nSPS) is 10.4. The van der Waals surface area contributed by atoms with Gasteiger partial charge in [0, 0.05) is 35.9 Å². The van der Waals surface area contributed by atoms with Crippen molar-refractivity contribution in [3.63, 3.8) is 0 Å². The van der Waals surface area contributed by atoms with Gasteiger partial charge >= 0.3 is 0 Å². The van der Waals surface area contributed by atoms with Crippen LogP contribution in [0.2, 0.25) is 0 Å².